The summed E-state index contributed by atoms with van der Waals surface area (Å²) in [6, 6.07) is 1.72. The Morgan fingerprint density at radius 2 is 2.26 bits per heavy atom. The summed E-state index contributed by atoms with van der Waals surface area (Å²) in [4.78, 5) is 4.57. The standard InChI is InChI=1S/C15H23N5O2S/c1-4-7-20(12-5-6-16-9-12)23(21,22)13-8-14-11(2)18-19(3)15(14)17-10-13/h8,10,12,16H,4-7,9H2,1-3H3. The largest absolute Gasteiger partial charge is 0.315 e. The van der Waals surface area contributed by atoms with E-state index in [1.54, 1.807) is 15.1 Å². The fraction of sp³-hybridized carbons (Fsp3) is 0.600. The SMILES string of the molecule is CCCN(C1CCNC1)S(=O)(=O)c1cnc2c(c1)c(C)nn2C. The summed E-state index contributed by atoms with van der Waals surface area (Å²) >= 11 is 0. The van der Waals surface area contributed by atoms with Crippen molar-refractivity contribution in [1.29, 1.82) is 0 Å². The lowest BCUT2D eigenvalue weighted by molar-refractivity contribution is 0.335. The van der Waals surface area contributed by atoms with Crippen LogP contribution in [0.3, 0.4) is 0 Å². The van der Waals surface area contributed by atoms with Gasteiger partial charge in [-0.3, -0.25) is 4.68 Å². The highest BCUT2D eigenvalue weighted by molar-refractivity contribution is 7.89. The van der Waals surface area contributed by atoms with E-state index in [1.807, 2.05) is 20.9 Å². The average molecular weight is 337 g/mol. The van der Waals surface area contributed by atoms with Crippen LogP contribution in [0.2, 0.25) is 0 Å². The van der Waals surface area contributed by atoms with Crippen LogP contribution in [0.25, 0.3) is 11.0 Å². The Labute approximate surface area is 136 Å². The maximum Gasteiger partial charge on any atom is 0.244 e. The third kappa shape index (κ3) is 2.86. The molecule has 7 nitrogen and oxygen atoms in total. The second-order valence-electron chi connectivity index (χ2n) is 6.01. The Morgan fingerprint density at radius 3 is 2.91 bits per heavy atom. The third-order valence-corrected chi connectivity index (χ3v) is 6.25. The molecule has 2 aromatic heterocycles. The van der Waals surface area contributed by atoms with E-state index in [9.17, 15) is 8.42 Å². The van der Waals surface area contributed by atoms with Gasteiger partial charge in [-0.25, -0.2) is 13.4 Å². The van der Waals surface area contributed by atoms with Gasteiger partial charge < -0.3 is 5.32 Å². The number of nitrogens with zero attached hydrogens (tertiary/aromatic N) is 4. The zero-order chi connectivity index (χ0) is 16.6. The van der Waals surface area contributed by atoms with E-state index in [2.05, 4.69) is 15.4 Å². The van der Waals surface area contributed by atoms with E-state index < -0.39 is 10.0 Å². The maximum absolute atomic E-state index is 13.1. The van der Waals surface area contributed by atoms with E-state index in [4.69, 9.17) is 0 Å². The van der Waals surface area contributed by atoms with Crippen LogP contribution in [-0.4, -0.2) is 53.2 Å². The molecule has 0 spiro atoms. The molecule has 1 unspecified atom stereocenters. The molecule has 1 N–H and O–H groups in total. The number of sulfonamides is 1. The van der Waals surface area contributed by atoms with E-state index >= 15 is 0 Å². The number of hydrogen-bond donors (Lipinski definition) is 1. The van der Waals surface area contributed by atoms with E-state index in [0.717, 1.165) is 30.5 Å². The highest BCUT2D eigenvalue weighted by Gasteiger charge is 2.33. The first kappa shape index (κ1) is 16.4. The van der Waals surface area contributed by atoms with Gasteiger partial charge in [-0.2, -0.15) is 9.40 Å². The monoisotopic (exact) mass is 337 g/mol. The molecule has 0 radical (unpaired) electrons. The predicted molar refractivity (Wildman–Crippen MR) is 88.7 cm³/mol. The summed E-state index contributed by atoms with van der Waals surface area (Å²) < 4.78 is 29.5. The molecule has 3 heterocycles. The lowest BCUT2D eigenvalue weighted by Crippen LogP contribution is -2.42. The minimum absolute atomic E-state index is 0.0191. The molecule has 1 aliphatic heterocycles. The summed E-state index contributed by atoms with van der Waals surface area (Å²) in [6.07, 6.45) is 3.09. The first-order chi connectivity index (χ1) is 10.9. The van der Waals surface area contributed by atoms with Crippen molar-refractivity contribution >= 4 is 21.1 Å². The van der Waals surface area contributed by atoms with E-state index in [-0.39, 0.29) is 10.9 Å². The quantitative estimate of drug-likeness (QED) is 0.882. The third-order valence-electron chi connectivity index (χ3n) is 4.33. The molecule has 0 saturated carbocycles. The van der Waals surface area contributed by atoms with Crippen LogP contribution >= 0.6 is 0 Å². The summed E-state index contributed by atoms with van der Waals surface area (Å²) in [5, 5.41) is 8.34. The molecule has 1 aliphatic rings. The van der Waals surface area contributed by atoms with Crippen LogP contribution < -0.4 is 5.32 Å². The van der Waals surface area contributed by atoms with Crippen molar-refractivity contribution in [1.82, 2.24) is 24.4 Å². The number of aromatic nitrogens is 3. The first-order valence-electron chi connectivity index (χ1n) is 7.97. The average Bonchev–Trinajstić information content (AvgIpc) is 3.14. The molecule has 0 bridgehead atoms. The van der Waals surface area contributed by atoms with Gasteiger partial charge in [0.1, 0.15) is 4.90 Å². The van der Waals surface area contributed by atoms with Gasteiger partial charge in [0.25, 0.3) is 0 Å². The Hall–Kier alpha value is -1.51. The van der Waals surface area contributed by atoms with E-state index in [1.165, 1.54) is 6.20 Å². The molecule has 0 amide bonds. The molecule has 126 valence electrons. The van der Waals surface area contributed by atoms with Crippen LogP contribution in [0.5, 0.6) is 0 Å². The number of nitrogens with one attached hydrogen (secondary N) is 1. The molecule has 23 heavy (non-hydrogen) atoms. The molecular weight excluding hydrogens is 314 g/mol. The van der Waals surface area contributed by atoms with Gasteiger partial charge in [0.05, 0.1) is 5.69 Å². The second-order valence-corrected chi connectivity index (χ2v) is 7.90. The molecule has 2 aromatic rings. The lowest BCUT2D eigenvalue weighted by atomic mass is 10.2. The van der Waals surface area contributed by atoms with Crippen LogP contribution in [0, 0.1) is 6.92 Å². The van der Waals surface area contributed by atoms with Crippen molar-refractivity contribution in [3.8, 4) is 0 Å². The fourth-order valence-electron chi connectivity index (χ4n) is 3.17. The second kappa shape index (κ2) is 6.18. The Kier molecular flexibility index (Phi) is 4.39. The smallest absolute Gasteiger partial charge is 0.244 e. The molecule has 1 saturated heterocycles. The molecule has 0 aromatic carbocycles. The van der Waals surface area contributed by atoms with E-state index in [0.29, 0.717) is 18.7 Å². The van der Waals surface area contributed by atoms with Crippen LogP contribution in [-0.2, 0) is 17.1 Å². The number of hydrogen-bond acceptors (Lipinski definition) is 5. The number of fused-ring (bicyclic) bond motifs is 1. The van der Waals surface area contributed by atoms with Crippen LogP contribution in [0.15, 0.2) is 17.2 Å². The zero-order valence-corrected chi connectivity index (χ0v) is 14.6. The predicted octanol–water partition coefficient (Wildman–Crippen LogP) is 1.04. The van der Waals surface area contributed by atoms with Crippen molar-refractivity contribution in [3.05, 3.63) is 18.0 Å². The van der Waals surface area contributed by atoms with Gasteiger partial charge in [0.15, 0.2) is 5.65 Å². The van der Waals surface area contributed by atoms with Gasteiger partial charge in [0, 0.05) is 37.8 Å². The van der Waals surface area contributed by atoms with Crippen molar-refractivity contribution in [2.75, 3.05) is 19.6 Å². The Balaban J connectivity index is 2.04. The number of aryl methyl sites for hydroxylation is 2. The van der Waals surface area contributed by atoms with Crippen LogP contribution in [0.4, 0.5) is 0 Å². The summed E-state index contributed by atoms with van der Waals surface area (Å²) in [5.74, 6) is 0. The van der Waals surface area contributed by atoms with Gasteiger partial charge in [-0.1, -0.05) is 6.92 Å². The Morgan fingerprint density at radius 1 is 1.48 bits per heavy atom. The highest BCUT2D eigenvalue weighted by atomic mass is 32.2. The highest BCUT2D eigenvalue weighted by Crippen LogP contribution is 2.24. The summed E-state index contributed by atoms with van der Waals surface area (Å²) in [5.41, 5.74) is 1.49. The van der Waals surface area contributed by atoms with Crippen molar-refractivity contribution < 1.29 is 8.42 Å². The normalized spacial score (nSPS) is 19.0. The fourth-order valence-corrected chi connectivity index (χ4v) is 4.89. The Bertz CT molecular complexity index is 809. The topological polar surface area (TPSA) is 80.1 Å². The maximum atomic E-state index is 13.1. The number of pyridine rings is 1. The molecule has 3 rings (SSSR count). The van der Waals surface area contributed by atoms with Gasteiger partial charge in [-0.05, 0) is 32.4 Å². The zero-order valence-electron chi connectivity index (χ0n) is 13.8. The minimum atomic E-state index is -3.55. The van der Waals surface area contributed by atoms with Gasteiger partial charge in [0.2, 0.25) is 10.0 Å². The molecule has 1 fully saturated rings. The van der Waals surface area contributed by atoms with Gasteiger partial charge >= 0.3 is 0 Å². The van der Waals surface area contributed by atoms with Crippen molar-refractivity contribution in [2.45, 2.75) is 37.6 Å². The summed E-state index contributed by atoms with van der Waals surface area (Å²) in [6.45, 7) is 5.96. The molecule has 1 atom stereocenters. The number of rotatable bonds is 5. The minimum Gasteiger partial charge on any atom is -0.315 e. The van der Waals surface area contributed by atoms with Crippen LogP contribution in [0.1, 0.15) is 25.5 Å². The van der Waals surface area contributed by atoms with Crippen molar-refractivity contribution in [2.24, 2.45) is 7.05 Å². The lowest BCUT2D eigenvalue weighted by Gasteiger charge is -2.27. The molecule has 8 heteroatoms. The van der Waals surface area contributed by atoms with Gasteiger partial charge in [-0.15, -0.1) is 0 Å². The molecule has 0 aliphatic carbocycles. The first-order valence-corrected chi connectivity index (χ1v) is 9.41. The molecular formula is C15H23N5O2S. The summed E-state index contributed by atoms with van der Waals surface area (Å²) in [7, 11) is -1.74. The van der Waals surface area contributed by atoms with Crippen molar-refractivity contribution in [3.63, 3.8) is 0 Å².